The van der Waals surface area contributed by atoms with Crippen molar-refractivity contribution in [3.05, 3.63) is 70.7 Å². The Bertz CT molecular complexity index is 905. The van der Waals surface area contributed by atoms with Crippen LogP contribution in [0, 0.1) is 6.92 Å². The summed E-state index contributed by atoms with van der Waals surface area (Å²) in [4.78, 5) is 28.0. The van der Waals surface area contributed by atoms with Gasteiger partial charge in [0, 0.05) is 11.4 Å². The Kier molecular flexibility index (Phi) is 4.76. The molecule has 0 spiro atoms. The first-order chi connectivity index (χ1) is 12.0. The van der Waals surface area contributed by atoms with Crippen LogP contribution in [0.2, 0.25) is 0 Å². The highest BCUT2D eigenvalue weighted by Crippen LogP contribution is 2.26. The molecular weight excluding hydrogens is 338 g/mol. The van der Waals surface area contributed by atoms with Gasteiger partial charge in [0.1, 0.15) is 4.88 Å². The third-order valence-electron chi connectivity index (χ3n) is 3.41. The zero-order valence-corrected chi connectivity index (χ0v) is 14.1. The number of benzene rings is 2. The number of nitrogens with zero attached hydrogens (tertiary/aromatic N) is 1. The van der Waals surface area contributed by atoms with Crippen molar-refractivity contribution in [2.45, 2.75) is 6.92 Å². The largest absolute Gasteiger partial charge is 0.545 e. The smallest absolute Gasteiger partial charge is 0.267 e. The molecule has 2 N–H and O–H groups in total. The van der Waals surface area contributed by atoms with Crippen LogP contribution in [0.3, 0.4) is 0 Å². The van der Waals surface area contributed by atoms with Gasteiger partial charge in [-0.05, 0) is 36.8 Å². The van der Waals surface area contributed by atoms with Crippen LogP contribution in [-0.4, -0.2) is 16.9 Å². The van der Waals surface area contributed by atoms with Gasteiger partial charge in [-0.3, -0.25) is 4.79 Å². The third kappa shape index (κ3) is 4.02. The molecule has 0 bridgehead atoms. The fraction of sp³-hybridized carbons (Fsp3) is 0.0556. The van der Waals surface area contributed by atoms with Crippen molar-refractivity contribution in [2.75, 3.05) is 10.6 Å². The SMILES string of the molecule is Cc1nc(Nc2ccc(C(=O)[O-])cc2)sc1C(=O)Nc1ccccc1. The number of aryl methyl sites for hydroxylation is 1. The summed E-state index contributed by atoms with van der Waals surface area (Å²) in [6, 6.07) is 15.3. The van der Waals surface area contributed by atoms with E-state index in [1.165, 1.54) is 23.5 Å². The van der Waals surface area contributed by atoms with Gasteiger partial charge < -0.3 is 20.5 Å². The molecule has 1 amide bonds. The molecule has 0 aliphatic heterocycles. The number of carbonyl (C=O) groups is 2. The second-order valence-corrected chi connectivity index (χ2v) is 6.24. The van der Waals surface area contributed by atoms with Crippen LogP contribution in [0.15, 0.2) is 54.6 Å². The van der Waals surface area contributed by atoms with E-state index in [0.29, 0.717) is 27.1 Å². The molecule has 3 aromatic rings. The van der Waals surface area contributed by atoms with Gasteiger partial charge in [-0.1, -0.05) is 41.7 Å². The number of carbonyl (C=O) groups excluding carboxylic acids is 2. The van der Waals surface area contributed by atoms with Crippen molar-refractivity contribution in [1.29, 1.82) is 0 Å². The summed E-state index contributed by atoms with van der Waals surface area (Å²) in [6.45, 7) is 1.76. The average molecular weight is 352 g/mol. The summed E-state index contributed by atoms with van der Waals surface area (Å²) in [7, 11) is 0. The normalized spacial score (nSPS) is 10.3. The zero-order chi connectivity index (χ0) is 17.8. The van der Waals surface area contributed by atoms with Gasteiger partial charge in [-0.2, -0.15) is 0 Å². The molecule has 3 rings (SSSR count). The van der Waals surface area contributed by atoms with Crippen molar-refractivity contribution < 1.29 is 14.7 Å². The van der Waals surface area contributed by atoms with E-state index in [2.05, 4.69) is 15.6 Å². The minimum atomic E-state index is -1.23. The van der Waals surface area contributed by atoms with Crippen molar-refractivity contribution in [2.24, 2.45) is 0 Å². The summed E-state index contributed by atoms with van der Waals surface area (Å²) >= 11 is 1.23. The molecule has 1 aromatic heterocycles. The topological polar surface area (TPSA) is 94.2 Å². The highest BCUT2D eigenvalue weighted by Gasteiger charge is 2.15. The van der Waals surface area contributed by atoms with Crippen LogP contribution in [0.1, 0.15) is 25.7 Å². The molecule has 0 fully saturated rings. The molecule has 0 aliphatic rings. The summed E-state index contributed by atoms with van der Waals surface area (Å²) in [6.07, 6.45) is 0. The van der Waals surface area contributed by atoms with E-state index in [4.69, 9.17) is 0 Å². The van der Waals surface area contributed by atoms with Crippen LogP contribution in [-0.2, 0) is 0 Å². The lowest BCUT2D eigenvalue weighted by Crippen LogP contribution is -2.21. The Balaban J connectivity index is 1.73. The monoisotopic (exact) mass is 352 g/mol. The Morgan fingerprint density at radius 3 is 2.32 bits per heavy atom. The van der Waals surface area contributed by atoms with Gasteiger partial charge in [0.15, 0.2) is 5.13 Å². The van der Waals surface area contributed by atoms with Crippen LogP contribution < -0.4 is 15.7 Å². The number of carboxylic acids is 1. The first kappa shape index (κ1) is 16.7. The maximum atomic E-state index is 12.4. The van der Waals surface area contributed by atoms with E-state index in [0.717, 1.165) is 0 Å². The van der Waals surface area contributed by atoms with Gasteiger partial charge in [0.25, 0.3) is 5.91 Å². The number of carboxylic acid groups (broad SMARTS) is 1. The second kappa shape index (κ2) is 7.14. The molecule has 0 saturated heterocycles. The van der Waals surface area contributed by atoms with E-state index >= 15 is 0 Å². The van der Waals surface area contributed by atoms with E-state index in [-0.39, 0.29) is 11.5 Å². The standard InChI is InChI=1S/C18H15N3O3S/c1-11-15(16(22)20-13-5-3-2-4-6-13)25-18(19-11)21-14-9-7-12(8-10-14)17(23)24/h2-10H,1H3,(H,19,21)(H,20,22)(H,23,24)/p-1. The number of aromatic carboxylic acids is 1. The lowest BCUT2D eigenvalue weighted by molar-refractivity contribution is -0.255. The lowest BCUT2D eigenvalue weighted by Gasteiger charge is -2.05. The Morgan fingerprint density at radius 2 is 1.68 bits per heavy atom. The van der Waals surface area contributed by atoms with Gasteiger partial charge in [-0.15, -0.1) is 0 Å². The molecule has 0 aliphatic carbocycles. The minimum Gasteiger partial charge on any atom is -0.545 e. The van der Waals surface area contributed by atoms with Crippen molar-refractivity contribution in [3.63, 3.8) is 0 Å². The number of hydrogen-bond donors (Lipinski definition) is 2. The van der Waals surface area contributed by atoms with Gasteiger partial charge in [-0.25, -0.2) is 4.98 Å². The number of para-hydroxylation sites is 1. The lowest BCUT2D eigenvalue weighted by atomic mass is 10.2. The average Bonchev–Trinajstić information content (AvgIpc) is 2.96. The number of anilines is 3. The molecule has 126 valence electrons. The van der Waals surface area contributed by atoms with E-state index in [1.54, 1.807) is 19.1 Å². The van der Waals surface area contributed by atoms with Crippen LogP contribution in [0.4, 0.5) is 16.5 Å². The molecule has 2 aromatic carbocycles. The predicted octanol–water partition coefficient (Wildman–Crippen LogP) is 2.81. The van der Waals surface area contributed by atoms with Crippen molar-refractivity contribution >= 4 is 39.7 Å². The maximum Gasteiger partial charge on any atom is 0.267 e. The molecule has 0 radical (unpaired) electrons. The maximum absolute atomic E-state index is 12.4. The molecule has 7 heteroatoms. The molecule has 6 nitrogen and oxygen atoms in total. The van der Waals surface area contributed by atoms with Crippen LogP contribution >= 0.6 is 11.3 Å². The minimum absolute atomic E-state index is 0.101. The summed E-state index contributed by atoms with van der Waals surface area (Å²) in [5, 5.41) is 17.2. The summed E-state index contributed by atoms with van der Waals surface area (Å²) in [5.74, 6) is -1.45. The first-order valence-electron chi connectivity index (χ1n) is 7.45. The van der Waals surface area contributed by atoms with E-state index < -0.39 is 5.97 Å². The fourth-order valence-electron chi connectivity index (χ4n) is 2.18. The van der Waals surface area contributed by atoms with Gasteiger partial charge in [0.05, 0.1) is 11.7 Å². The van der Waals surface area contributed by atoms with Gasteiger partial charge >= 0.3 is 0 Å². The van der Waals surface area contributed by atoms with E-state index in [9.17, 15) is 14.7 Å². The molecule has 0 saturated carbocycles. The number of aromatic nitrogens is 1. The quantitative estimate of drug-likeness (QED) is 0.736. The number of thiazole rings is 1. The molecule has 0 atom stereocenters. The number of amides is 1. The van der Waals surface area contributed by atoms with Crippen LogP contribution in [0.5, 0.6) is 0 Å². The fourth-order valence-corrected chi connectivity index (χ4v) is 3.06. The second-order valence-electron chi connectivity index (χ2n) is 5.24. The molecule has 0 unspecified atom stereocenters. The van der Waals surface area contributed by atoms with Crippen molar-refractivity contribution in [1.82, 2.24) is 4.98 Å². The third-order valence-corrected chi connectivity index (χ3v) is 4.48. The number of rotatable bonds is 5. The number of nitrogens with one attached hydrogen (secondary N) is 2. The summed E-state index contributed by atoms with van der Waals surface area (Å²) in [5.41, 5.74) is 2.11. The van der Waals surface area contributed by atoms with Gasteiger partial charge in [0.2, 0.25) is 0 Å². The highest BCUT2D eigenvalue weighted by molar-refractivity contribution is 7.17. The Morgan fingerprint density at radius 1 is 1.00 bits per heavy atom. The van der Waals surface area contributed by atoms with Crippen LogP contribution in [0.25, 0.3) is 0 Å². The Hall–Kier alpha value is -3.19. The first-order valence-corrected chi connectivity index (χ1v) is 8.27. The zero-order valence-electron chi connectivity index (χ0n) is 13.3. The van der Waals surface area contributed by atoms with Crippen molar-refractivity contribution in [3.8, 4) is 0 Å². The number of hydrogen-bond acceptors (Lipinski definition) is 6. The highest BCUT2D eigenvalue weighted by atomic mass is 32.1. The molecular formula is C18H14N3O3S-. The molecule has 1 heterocycles. The Labute approximate surface area is 148 Å². The summed E-state index contributed by atoms with van der Waals surface area (Å²) < 4.78 is 0. The van der Waals surface area contributed by atoms with E-state index in [1.807, 2.05) is 30.3 Å². The predicted molar refractivity (Wildman–Crippen MR) is 95.3 cm³/mol. The molecule has 25 heavy (non-hydrogen) atoms.